The summed E-state index contributed by atoms with van der Waals surface area (Å²) in [6, 6.07) is 2.90. The molecule has 184 valence electrons. The molecule has 3 heterocycles. The topological polar surface area (TPSA) is 101 Å². The monoisotopic (exact) mass is 479 g/mol. The fourth-order valence-corrected chi connectivity index (χ4v) is 4.25. The third kappa shape index (κ3) is 5.17. The van der Waals surface area contributed by atoms with E-state index in [2.05, 4.69) is 26.3 Å². The molecule has 2 fully saturated rings. The lowest BCUT2D eigenvalue weighted by Gasteiger charge is -2.33. The first-order valence-corrected chi connectivity index (χ1v) is 11.2. The van der Waals surface area contributed by atoms with Crippen LogP contribution in [0.4, 0.5) is 23.7 Å². The lowest BCUT2D eigenvalue weighted by molar-refractivity contribution is -0.139. The molecule has 4 N–H and O–H groups in total. The van der Waals surface area contributed by atoms with Crippen LogP contribution in [0.5, 0.6) is 0 Å². The molecule has 0 aromatic heterocycles. The molecule has 0 aliphatic carbocycles. The van der Waals surface area contributed by atoms with E-state index in [1.807, 2.05) is 4.90 Å². The summed E-state index contributed by atoms with van der Waals surface area (Å²) in [6.45, 7) is 2.48. The number of carbonyl (C=O) groups is 2. The molecule has 0 bridgehead atoms. The van der Waals surface area contributed by atoms with Crippen LogP contribution in [0.2, 0.25) is 0 Å². The van der Waals surface area contributed by atoms with Crippen molar-refractivity contribution in [3.05, 3.63) is 41.6 Å². The highest BCUT2D eigenvalue weighted by molar-refractivity contribution is 5.91. The quantitative estimate of drug-likeness (QED) is 0.498. The number of hydrogen-bond acceptors (Lipinski definition) is 6. The third-order valence-corrected chi connectivity index (χ3v) is 6.24. The summed E-state index contributed by atoms with van der Waals surface area (Å²) >= 11 is 0. The van der Waals surface area contributed by atoms with Gasteiger partial charge in [-0.1, -0.05) is 6.07 Å². The van der Waals surface area contributed by atoms with E-state index in [-0.39, 0.29) is 36.3 Å². The zero-order chi connectivity index (χ0) is 24.3. The zero-order valence-corrected chi connectivity index (χ0v) is 18.8. The van der Waals surface area contributed by atoms with Gasteiger partial charge in [0.2, 0.25) is 0 Å². The summed E-state index contributed by atoms with van der Waals surface area (Å²) in [5.74, 6) is -1.58. The van der Waals surface area contributed by atoms with Gasteiger partial charge in [-0.15, -0.1) is 0 Å². The zero-order valence-electron chi connectivity index (χ0n) is 18.8. The maximum absolute atomic E-state index is 13.6. The van der Waals surface area contributed by atoms with E-state index < -0.39 is 23.6 Å². The minimum atomic E-state index is -4.52. The van der Waals surface area contributed by atoms with E-state index in [1.54, 1.807) is 24.2 Å². The Morgan fingerprint density at radius 2 is 2.06 bits per heavy atom. The Kier molecular flexibility index (Phi) is 6.80. The van der Waals surface area contributed by atoms with Gasteiger partial charge >= 0.3 is 12.2 Å². The van der Waals surface area contributed by atoms with Gasteiger partial charge in [-0.05, 0) is 56.8 Å². The van der Waals surface area contributed by atoms with Gasteiger partial charge in [-0.3, -0.25) is 15.0 Å². The normalized spacial score (nSPS) is 24.5. The maximum atomic E-state index is 13.6. The number of hydrogen-bond donors (Lipinski definition) is 4. The molecule has 1 aromatic rings. The van der Waals surface area contributed by atoms with Crippen molar-refractivity contribution in [2.24, 2.45) is 4.99 Å². The van der Waals surface area contributed by atoms with Crippen molar-refractivity contribution in [2.75, 3.05) is 38.5 Å². The number of carbonyl (C=O) groups excluding carboxylic acids is 2. The van der Waals surface area contributed by atoms with Crippen molar-refractivity contribution >= 4 is 23.8 Å². The van der Waals surface area contributed by atoms with Crippen LogP contribution in [-0.2, 0) is 17.5 Å². The molecule has 2 saturated heterocycles. The number of rotatable bonds is 6. The van der Waals surface area contributed by atoms with Gasteiger partial charge in [0.1, 0.15) is 0 Å². The van der Waals surface area contributed by atoms with Gasteiger partial charge in [0.05, 0.1) is 5.56 Å². The number of allylic oxidation sites excluding steroid dienone is 1. The highest BCUT2D eigenvalue weighted by Gasteiger charge is 2.42. The molecule has 1 unspecified atom stereocenters. The largest absolute Gasteiger partial charge is 0.416 e. The van der Waals surface area contributed by atoms with Gasteiger partial charge in [0.15, 0.2) is 0 Å². The number of urea groups is 1. The van der Waals surface area contributed by atoms with E-state index in [0.29, 0.717) is 13.0 Å². The number of likely N-dealkylation sites (tertiary alicyclic amines) is 2. The van der Waals surface area contributed by atoms with Crippen molar-refractivity contribution in [3.8, 4) is 0 Å². The molecular weight excluding hydrogens is 451 g/mol. The van der Waals surface area contributed by atoms with E-state index in [1.165, 1.54) is 18.3 Å². The van der Waals surface area contributed by atoms with Gasteiger partial charge in [-0.2, -0.15) is 13.2 Å². The first-order chi connectivity index (χ1) is 16.2. The second-order valence-electron chi connectivity index (χ2n) is 8.58. The Hall–Kier alpha value is -3.12. The Bertz CT molecular complexity index is 993. The number of likely N-dealkylation sites (N-methyl/N-ethyl adjacent to an activating group) is 1. The predicted molar refractivity (Wildman–Crippen MR) is 121 cm³/mol. The number of benzene rings is 1. The number of halogens is 3. The summed E-state index contributed by atoms with van der Waals surface area (Å²) in [6.07, 6.45) is 1.79. The summed E-state index contributed by atoms with van der Waals surface area (Å²) in [4.78, 5) is 33.2. The van der Waals surface area contributed by atoms with Crippen LogP contribution in [0.1, 0.15) is 24.0 Å². The second-order valence-corrected chi connectivity index (χ2v) is 8.58. The number of alkyl halides is 3. The molecular formula is C22H28F3N7O2. The predicted octanol–water partition coefficient (Wildman–Crippen LogP) is 1.69. The molecule has 4 rings (SSSR count). The maximum Gasteiger partial charge on any atom is 0.416 e. The SMILES string of the molecule is CNC1(C(=O)N2CC[C@H](NC(=O)Nc3ccc(CN4CCC4)c(C(F)(F)F)c3)C2)N=CC=CN1. The fraction of sp³-hybridized carbons (Fsp3) is 0.500. The Morgan fingerprint density at radius 1 is 1.26 bits per heavy atom. The van der Waals surface area contributed by atoms with Gasteiger partial charge < -0.3 is 20.9 Å². The first kappa shape index (κ1) is 24.0. The molecule has 2 atom stereocenters. The average Bonchev–Trinajstić information content (AvgIpc) is 3.24. The highest BCUT2D eigenvalue weighted by Crippen LogP contribution is 2.35. The summed E-state index contributed by atoms with van der Waals surface area (Å²) < 4.78 is 40.8. The third-order valence-electron chi connectivity index (χ3n) is 6.24. The number of nitrogens with one attached hydrogen (secondary N) is 4. The smallest absolute Gasteiger partial charge is 0.347 e. The van der Waals surface area contributed by atoms with Crippen LogP contribution in [0.3, 0.4) is 0 Å². The molecule has 1 aromatic carbocycles. The van der Waals surface area contributed by atoms with Crippen molar-refractivity contribution < 1.29 is 22.8 Å². The van der Waals surface area contributed by atoms with Crippen LogP contribution in [0.15, 0.2) is 35.5 Å². The summed E-state index contributed by atoms with van der Waals surface area (Å²) in [7, 11) is 1.62. The summed E-state index contributed by atoms with van der Waals surface area (Å²) in [5, 5.41) is 11.0. The van der Waals surface area contributed by atoms with Crippen LogP contribution >= 0.6 is 0 Å². The molecule has 0 spiro atoms. The number of nitrogens with zero attached hydrogens (tertiary/aromatic N) is 3. The molecule has 34 heavy (non-hydrogen) atoms. The van der Waals surface area contributed by atoms with Crippen molar-refractivity contribution in [2.45, 2.75) is 37.4 Å². The van der Waals surface area contributed by atoms with Crippen molar-refractivity contribution in [3.63, 3.8) is 0 Å². The average molecular weight is 480 g/mol. The van der Waals surface area contributed by atoms with Crippen LogP contribution in [0.25, 0.3) is 0 Å². The standard InChI is InChI=1S/C22H28F3N7O2/c1-26-22(27-7-2-8-28-22)19(33)32-11-6-17(14-32)30-20(34)29-16-5-4-15(13-31-9-3-10-31)18(12-16)21(23,24)25/h2,4-5,7-8,12,17,26-27H,3,6,9-11,13-14H2,1H3,(H2,29,30,34)/t17-,22?/m0/s1. The van der Waals surface area contributed by atoms with Crippen LogP contribution in [0, 0.1) is 0 Å². The minimum Gasteiger partial charge on any atom is -0.347 e. The number of anilines is 1. The van der Waals surface area contributed by atoms with Crippen molar-refractivity contribution in [1.29, 1.82) is 0 Å². The van der Waals surface area contributed by atoms with Crippen LogP contribution in [-0.4, -0.2) is 73.0 Å². The number of aliphatic imine (C=N–C) groups is 1. The Morgan fingerprint density at radius 3 is 2.68 bits per heavy atom. The fourth-order valence-electron chi connectivity index (χ4n) is 4.25. The summed E-state index contributed by atoms with van der Waals surface area (Å²) in [5.41, 5.74) is -0.498. The van der Waals surface area contributed by atoms with Crippen LogP contribution < -0.4 is 21.3 Å². The van der Waals surface area contributed by atoms with Crippen molar-refractivity contribution in [1.82, 2.24) is 25.8 Å². The molecule has 3 aliphatic heterocycles. The second kappa shape index (κ2) is 9.63. The van der Waals surface area contributed by atoms with E-state index >= 15 is 0 Å². The lowest BCUT2D eigenvalue weighted by Crippen LogP contribution is -2.63. The molecule has 9 nitrogen and oxygen atoms in total. The van der Waals surface area contributed by atoms with Gasteiger partial charge in [-0.25, -0.2) is 9.79 Å². The lowest BCUT2D eigenvalue weighted by atomic mass is 10.0. The Balaban J connectivity index is 1.35. The molecule has 3 aliphatic rings. The minimum absolute atomic E-state index is 0.0600. The molecule has 0 radical (unpaired) electrons. The van der Waals surface area contributed by atoms with E-state index in [4.69, 9.17) is 0 Å². The van der Waals surface area contributed by atoms with E-state index in [9.17, 15) is 22.8 Å². The highest BCUT2D eigenvalue weighted by atomic mass is 19.4. The van der Waals surface area contributed by atoms with Gasteiger partial charge in [0, 0.05) is 43.8 Å². The Labute approximate surface area is 195 Å². The first-order valence-electron chi connectivity index (χ1n) is 11.2. The number of amides is 3. The van der Waals surface area contributed by atoms with E-state index in [0.717, 1.165) is 25.6 Å². The molecule has 0 saturated carbocycles. The molecule has 3 amide bonds. The molecule has 12 heteroatoms. The van der Waals surface area contributed by atoms with Gasteiger partial charge in [0.25, 0.3) is 11.7 Å².